The zero-order valence-corrected chi connectivity index (χ0v) is 10.1. The lowest BCUT2D eigenvalue weighted by Crippen LogP contribution is -2.15. The predicted molar refractivity (Wildman–Crippen MR) is 58.1 cm³/mol. The van der Waals surface area contributed by atoms with Gasteiger partial charge in [-0.15, -0.1) is 10.2 Å². The molecule has 2 unspecified atom stereocenters. The molecule has 0 aliphatic heterocycles. The minimum atomic E-state index is -0.834. The summed E-state index contributed by atoms with van der Waals surface area (Å²) in [6.07, 6.45) is 2.46. The minimum absolute atomic E-state index is 0.0817. The molecule has 1 aromatic heterocycles. The van der Waals surface area contributed by atoms with E-state index in [9.17, 15) is 4.21 Å². The van der Waals surface area contributed by atoms with Gasteiger partial charge in [0.25, 0.3) is 0 Å². The molecule has 0 saturated carbocycles. The number of halogens is 1. The van der Waals surface area contributed by atoms with Crippen molar-refractivity contribution in [2.24, 2.45) is 0 Å². The van der Waals surface area contributed by atoms with E-state index in [1.807, 2.05) is 18.4 Å². The van der Waals surface area contributed by atoms with Crippen LogP contribution in [0.15, 0.2) is 0 Å². The van der Waals surface area contributed by atoms with Crippen LogP contribution in [0.1, 0.15) is 25.7 Å². The molecule has 0 saturated heterocycles. The average Bonchev–Trinajstić information content (AvgIpc) is 2.45. The third kappa shape index (κ3) is 2.54. The van der Waals surface area contributed by atoms with Gasteiger partial charge >= 0.3 is 0 Å². The molecule has 0 aliphatic carbocycles. The van der Waals surface area contributed by atoms with E-state index in [0.717, 1.165) is 12.2 Å². The lowest BCUT2D eigenvalue weighted by atomic mass is 10.3. The van der Waals surface area contributed by atoms with Gasteiger partial charge in [0.2, 0.25) is 5.28 Å². The van der Waals surface area contributed by atoms with Crippen molar-refractivity contribution in [1.82, 2.24) is 14.8 Å². The first-order valence-electron chi connectivity index (χ1n) is 4.45. The molecule has 0 spiro atoms. The second-order valence-electron chi connectivity index (χ2n) is 3.20. The third-order valence-corrected chi connectivity index (χ3v) is 3.17. The molecule has 0 aliphatic rings. The van der Waals surface area contributed by atoms with Gasteiger partial charge in [0, 0.05) is 35.3 Å². The normalized spacial score (nSPS) is 15.4. The molecular formula is C8H14ClN3OS. The summed E-state index contributed by atoms with van der Waals surface area (Å²) in [7, 11) is -0.834. The fraction of sp³-hybridized carbons (Fsp3) is 0.750. The van der Waals surface area contributed by atoms with E-state index in [2.05, 4.69) is 10.2 Å². The fourth-order valence-electron chi connectivity index (χ4n) is 1.39. The van der Waals surface area contributed by atoms with E-state index in [0.29, 0.717) is 11.0 Å². The molecule has 1 aromatic rings. The van der Waals surface area contributed by atoms with Crippen molar-refractivity contribution in [3.05, 3.63) is 11.1 Å². The van der Waals surface area contributed by atoms with Crippen LogP contribution in [0, 0.1) is 0 Å². The number of aryl methyl sites for hydroxylation is 1. The fourth-order valence-corrected chi connectivity index (χ4v) is 2.52. The maximum atomic E-state index is 11.1. The van der Waals surface area contributed by atoms with Gasteiger partial charge in [-0.25, -0.2) is 0 Å². The Bertz CT molecular complexity index is 339. The second-order valence-corrected chi connectivity index (χ2v) is 5.02. The maximum absolute atomic E-state index is 11.1. The van der Waals surface area contributed by atoms with Crippen LogP contribution in [0.5, 0.6) is 0 Å². The first-order valence-corrected chi connectivity index (χ1v) is 6.56. The van der Waals surface area contributed by atoms with Crippen molar-refractivity contribution >= 4 is 22.4 Å². The molecule has 0 amide bonds. The van der Waals surface area contributed by atoms with Crippen LogP contribution >= 0.6 is 11.6 Å². The predicted octanol–water partition coefficient (Wildman–Crippen LogP) is 1.43. The zero-order chi connectivity index (χ0) is 10.7. The number of hydrogen-bond acceptors (Lipinski definition) is 3. The Kier molecular flexibility index (Phi) is 4.07. The van der Waals surface area contributed by atoms with Gasteiger partial charge in [0.1, 0.15) is 5.82 Å². The molecule has 80 valence electrons. The van der Waals surface area contributed by atoms with Crippen molar-refractivity contribution in [3.8, 4) is 0 Å². The van der Waals surface area contributed by atoms with Crippen LogP contribution in [0.2, 0.25) is 5.28 Å². The topological polar surface area (TPSA) is 47.8 Å². The summed E-state index contributed by atoms with van der Waals surface area (Å²) in [6, 6.07) is 0.0817. The molecule has 2 atom stereocenters. The van der Waals surface area contributed by atoms with Gasteiger partial charge in [-0.1, -0.05) is 6.92 Å². The monoisotopic (exact) mass is 235 g/mol. The minimum Gasteiger partial charge on any atom is -0.298 e. The molecule has 0 bridgehead atoms. The first-order chi connectivity index (χ1) is 6.56. The number of rotatable bonds is 4. The van der Waals surface area contributed by atoms with Crippen molar-refractivity contribution in [2.45, 2.75) is 26.3 Å². The van der Waals surface area contributed by atoms with Crippen LogP contribution in [0.3, 0.4) is 0 Å². The molecule has 4 nitrogen and oxygen atoms in total. The van der Waals surface area contributed by atoms with Crippen molar-refractivity contribution in [2.75, 3.05) is 12.0 Å². The Labute approximate surface area is 91.1 Å². The molecule has 6 heteroatoms. The molecule has 1 heterocycles. The van der Waals surface area contributed by atoms with Crippen LogP contribution in [0.4, 0.5) is 0 Å². The van der Waals surface area contributed by atoms with Crippen LogP contribution in [-0.4, -0.2) is 31.0 Å². The van der Waals surface area contributed by atoms with Crippen molar-refractivity contribution < 1.29 is 4.21 Å². The smallest absolute Gasteiger partial charge is 0.225 e. The Morgan fingerprint density at radius 1 is 1.57 bits per heavy atom. The molecular weight excluding hydrogens is 222 g/mol. The average molecular weight is 236 g/mol. The van der Waals surface area contributed by atoms with Crippen LogP contribution in [0.25, 0.3) is 0 Å². The van der Waals surface area contributed by atoms with E-state index in [1.54, 1.807) is 6.26 Å². The van der Waals surface area contributed by atoms with Gasteiger partial charge in [0.15, 0.2) is 0 Å². The van der Waals surface area contributed by atoms with Crippen molar-refractivity contribution in [1.29, 1.82) is 0 Å². The summed E-state index contributed by atoms with van der Waals surface area (Å²) < 4.78 is 12.9. The standard InChI is InChI=1S/C8H14ClN3OS/c1-4-7-10-11-8(9)12(7)6(2)5-14(3)13/h6H,4-5H2,1-3H3. The molecule has 0 fully saturated rings. The van der Waals surface area contributed by atoms with E-state index in [4.69, 9.17) is 11.6 Å². The number of aromatic nitrogens is 3. The molecule has 0 N–H and O–H groups in total. The summed E-state index contributed by atoms with van der Waals surface area (Å²) in [4.78, 5) is 0. The highest BCUT2D eigenvalue weighted by Crippen LogP contribution is 2.17. The summed E-state index contributed by atoms with van der Waals surface area (Å²) >= 11 is 5.89. The van der Waals surface area contributed by atoms with Gasteiger partial charge in [-0.2, -0.15) is 0 Å². The van der Waals surface area contributed by atoms with Crippen LogP contribution < -0.4 is 0 Å². The van der Waals surface area contributed by atoms with Gasteiger partial charge in [-0.3, -0.25) is 8.78 Å². The third-order valence-electron chi connectivity index (χ3n) is 1.96. The Morgan fingerprint density at radius 3 is 2.71 bits per heavy atom. The summed E-state index contributed by atoms with van der Waals surface area (Å²) in [5.41, 5.74) is 0. The number of hydrogen-bond donors (Lipinski definition) is 0. The largest absolute Gasteiger partial charge is 0.298 e. The molecule has 0 aromatic carbocycles. The molecule has 0 radical (unpaired) electrons. The Hall–Kier alpha value is -0.420. The lowest BCUT2D eigenvalue weighted by molar-refractivity contribution is 0.571. The Balaban J connectivity index is 2.92. The Morgan fingerprint density at radius 2 is 2.21 bits per heavy atom. The quantitative estimate of drug-likeness (QED) is 0.794. The van der Waals surface area contributed by atoms with E-state index < -0.39 is 10.8 Å². The summed E-state index contributed by atoms with van der Waals surface area (Å²) in [5.74, 6) is 1.41. The van der Waals surface area contributed by atoms with Crippen LogP contribution in [-0.2, 0) is 17.2 Å². The van der Waals surface area contributed by atoms with Gasteiger partial charge < -0.3 is 0 Å². The maximum Gasteiger partial charge on any atom is 0.225 e. The summed E-state index contributed by atoms with van der Waals surface area (Å²) in [6.45, 7) is 3.96. The highest BCUT2D eigenvalue weighted by Gasteiger charge is 2.15. The van der Waals surface area contributed by atoms with E-state index in [1.165, 1.54) is 0 Å². The zero-order valence-electron chi connectivity index (χ0n) is 8.53. The lowest BCUT2D eigenvalue weighted by Gasteiger charge is -2.14. The summed E-state index contributed by atoms with van der Waals surface area (Å²) in [5, 5.41) is 8.11. The van der Waals surface area contributed by atoms with Gasteiger partial charge in [-0.05, 0) is 18.5 Å². The molecule has 14 heavy (non-hydrogen) atoms. The van der Waals surface area contributed by atoms with E-state index in [-0.39, 0.29) is 6.04 Å². The highest BCUT2D eigenvalue weighted by molar-refractivity contribution is 7.84. The van der Waals surface area contributed by atoms with Crippen molar-refractivity contribution in [3.63, 3.8) is 0 Å². The molecule has 1 rings (SSSR count). The number of nitrogens with zero attached hydrogens (tertiary/aromatic N) is 3. The van der Waals surface area contributed by atoms with Gasteiger partial charge in [0.05, 0.1) is 0 Å². The first kappa shape index (κ1) is 11.7. The highest BCUT2D eigenvalue weighted by atomic mass is 35.5. The van der Waals surface area contributed by atoms with E-state index >= 15 is 0 Å². The second kappa shape index (κ2) is 4.89. The SMILES string of the molecule is CCc1nnc(Cl)n1C(C)CS(C)=O.